The second kappa shape index (κ2) is 14.9. The number of anilines is 3. The zero-order valence-electron chi connectivity index (χ0n) is 36.5. The van der Waals surface area contributed by atoms with Crippen molar-refractivity contribution in [1.29, 1.82) is 0 Å². The summed E-state index contributed by atoms with van der Waals surface area (Å²) in [4.78, 5) is 2.52. The van der Waals surface area contributed by atoms with E-state index in [1.54, 1.807) is 0 Å². The predicted octanol–water partition coefficient (Wildman–Crippen LogP) is 18.0. The summed E-state index contributed by atoms with van der Waals surface area (Å²) in [6.45, 7) is 0. The van der Waals surface area contributed by atoms with Crippen molar-refractivity contribution in [3.63, 3.8) is 0 Å². The highest BCUT2D eigenvalue weighted by Crippen LogP contribution is 2.63. The normalized spacial score (nSPS) is 12.9. The molecular formula is C65H41NS. The fourth-order valence-electron chi connectivity index (χ4n) is 11.5. The molecule has 2 aliphatic carbocycles. The van der Waals surface area contributed by atoms with E-state index in [4.69, 9.17) is 0 Å². The molecule has 0 N–H and O–H groups in total. The van der Waals surface area contributed by atoms with E-state index >= 15 is 0 Å². The molecule has 0 saturated carbocycles. The lowest BCUT2D eigenvalue weighted by molar-refractivity contribution is 0.793. The Hall–Kier alpha value is -8.30. The van der Waals surface area contributed by atoms with E-state index in [1.165, 1.54) is 109 Å². The minimum absolute atomic E-state index is 0.456. The van der Waals surface area contributed by atoms with Crippen molar-refractivity contribution in [3.05, 3.63) is 271 Å². The van der Waals surface area contributed by atoms with Gasteiger partial charge in [-0.15, -0.1) is 11.3 Å². The third kappa shape index (κ3) is 5.67. The molecule has 0 aliphatic heterocycles. The molecule has 0 unspecified atom stereocenters. The van der Waals surface area contributed by atoms with Crippen LogP contribution < -0.4 is 4.90 Å². The molecular weight excluding hydrogens is 827 g/mol. The number of hydrogen-bond acceptors (Lipinski definition) is 2. The fraction of sp³-hybridized carbons (Fsp3) is 0.0154. The number of benzene rings is 11. The first kappa shape index (κ1) is 38.0. The van der Waals surface area contributed by atoms with Crippen molar-refractivity contribution in [2.24, 2.45) is 0 Å². The lowest BCUT2D eigenvalue weighted by Crippen LogP contribution is -2.26. The van der Waals surface area contributed by atoms with Crippen LogP contribution in [0.2, 0.25) is 0 Å². The van der Waals surface area contributed by atoms with Gasteiger partial charge in [-0.3, -0.25) is 0 Å². The van der Waals surface area contributed by atoms with E-state index < -0.39 is 5.41 Å². The average Bonchev–Trinajstić information content (AvgIpc) is 4.04. The molecule has 0 saturated heterocycles. The molecule has 1 nitrogen and oxygen atoms in total. The molecule has 11 aromatic carbocycles. The Kier molecular flexibility index (Phi) is 8.44. The SMILES string of the molecule is c1ccc(-c2cc(-c3ccccc3)c3sc4c(N(c5ccc(-c6ccc7ccccc7c6)cc5)c5ccc6c(c5)C5(c7ccccc7-c7ccccc75)c5ccccc5-6)cccc4c3c2)cc1. The Morgan fingerprint density at radius 1 is 0.284 bits per heavy atom. The zero-order valence-corrected chi connectivity index (χ0v) is 37.3. The molecule has 12 aromatic rings. The number of rotatable bonds is 6. The van der Waals surface area contributed by atoms with Crippen LogP contribution >= 0.6 is 11.3 Å². The molecule has 312 valence electrons. The summed E-state index contributed by atoms with van der Waals surface area (Å²) in [6.07, 6.45) is 0. The third-order valence-corrected chi connectivity index (χ3v) is 15.7. The second-order valence-electron chi connectivity index (χ2n) is 17.9. The van der Waals surface area contributed by atoms with Gasteiger partial charge < -0.3 is 4.90 Å². The summed E-state index contributed by atoms with van der Waals surface area (Å²) in [7, 11) is 0. The van der Waals surface area contributed by atoms with Crippen LogP contribution in [0.15, 0.2) is 249 Å². The molecule has 2 heteroatoms. The molecule has 67 heavy (non-hydrogen) atoms. The quantitative estimate of drug-likeness (QED) is 0.161. The molecule has 1 aromatic heterocycles. The van der Waals surface area contributed by atoms with Crippen molar-refractivity contribution >= 4 is 59.3 Å². The standard InChI is InChI=1S/C65H41NS/c1-3-16-42(17-4-1)48-39-56(45-19-5-2-6-20-45)63-57(40-48)55-25-15-29-62(64(55)67-63)66(49-34-32-44(33-35-49)47-31-30-43-18-7-8-21-46(43)38-47)50-36-37-54-53-24-11-14-28-60(53)65(61(54)41-50)58-26-12-9-22-51(58)52-23-10-13-27-59(52)65/h1-41H. The lowest BCUT2D eigenvalue weighted by atomic mass is 9.70. The summed E-state index contributed by atoms with van der Waals surface area (Å²) >= 11 is 1.91. The molecule has 14 rings (SSSR count). The van der Waals surface area contributed by atoms with Gasteiger partial charge in [0.1, 0.15) is 0 Å². The first-order chi connectivity index (χ1) is 33.2. The number of thiophene rings is 1. The highest BCUT2D eigenvalue weighted by atomic mass is 32.1. The molecule has 0 amide bonds. The smallest absolute Gasteiger partial charge is 0.0726 e. The van der Waals surface area contributed by atoms with Crippen LogP contribution in [0.5, 0.6) is 0 Å². The van der Waals surface area contributed by atoms with Gasteiger partial charge in [0.05, 0.1) is 15.8 Å². The monoisotopic (exact) mass is 867 g/mol. The molecule has 0 bridgehead atoms. The van der Waals surface area contributed by atoms with Gasteiger partial charge in [0.2, 0.25) is 0 Å². The van der Waals surface area contributed by atoms with Crippen molar-refractivity contribution in [3.8, 4) is 55.6 Å². The summed E-state index contributed by atoms with van der Waals surface area (Å²) in [5.41, 5.74) is 20.8. The van der Waals surface area contributed by atoms with Gasteiger partial charge in [-0.05, 0) is 132 Å². The van der Waals surface area contributed by atoms with Gasteiger partial charge in [0.15, 0.2) is 0 Å². The van der Waals surface area contributed by atoms with Gasteiger partial charge in [-0.1, -0.05) is 200 Å². The van der Waals surface area contributed by atoms with E-state index in [0.717, 1.165) is 17.1 Å². The maximum absolute atomic E-state index is 2.52. The summed E-state index contributed by atoms with van der Waals surface area (Å²) in [6, 6.07) is 92.6. The van der Waals surface area contributed by atoms with Crippen molar-refractivity contribution in [2.75, 3.05) is 4.90 Å². The minimum Gasteiger partial charge on any atom is -0.309 e. The summed E-state index contributed by atoms with van der Waals surface area (Å²) in [5, 5.41) is 5.03. The number of hydrogen-bond donors (Lipinski definition) is 0. The number of nitrogens with zero attached hydrogens (tertiary/aromatic N) is 1. The van der Waals surface area contributed by atoms with Gasteiger partial charge in [0.25, 0.3) is 0 Å². The molecule has 0 atom stereocenters. The lowest BCUT2D eigenvalue weighted by Gasteiger charge is -2.32. The average molecular weight is 868 g/mol. The molecule has 1 spiro atoms. The van der Waals surface area contributed by atoms with Crippen LogP contribution in [-0.2, 0) is 5.41 Å². The van der Waals surface area contributed by atoms with Crippen LogP contribution in [0, 0.1) is 0 Å². The van der Waals surface area contributed by atoms with Crippen molar-refractivity contribution in [2.45, 2.75) is 5.41 Å². The van der Waals surface area contributed by atoms with E-state index in [-0.39, 0.29) is 0 Å². The predicted molar refractivity (Wildman–Crippen MR) is 284 cm³/mol. The van der Waals surface area contributed by atoms with Crippen LogP contribution in [0.1, 0.15) is 22.3 Å². The minimum atomic E-state index is -0.456. The molecule has 0 fully saturated rings. The fourth-order valence-corrected chi connectivity index (χ4v) is 12.8. The topological polar surface area (TPSA) is 3.24 Å². The summed E-state index contributed by atoms with van der Waals surface area (Å²) in [5.74, 6) is 0. The second-order valence-corrected chi connectivity index (χ2v) is 19.0. The van der Waals surface area contributed by atoms with Crippen LogP contribution in [0.25, 0.3) is 86.6 Å². The van der Waals surface area contributed by atoms with Crippen molar-refractivity contribution < 1.29 is 0 Å². The van der Waals surface area contributed by atoms with Gasteiger partial charge in [-0.2, -0.15) is 0 Å². The summed E-state index contributed by atoms with van der Waals surface area (Å²) < 4.78 is 2.55. The third-order valence-electron chi connectivity index (χ3n) is 14.5. The maximum Gasteiger partial charge on any atom is 0.0726 e. The molecule has 1 heterocycles. The Morgan fingerprint density at radius 3 is 1.52 bits per heavy atom. The van der Waals surface area contributed by atoms with Crippen molar-refractivity contribution in [1.82, 2.24) is 0 Å². The van der Waals surface area contributed by atoms with Crippen LogP contribution in [-0.4, -0.2) is 0 Å². The van der Waals surface area contributed by atoms with E-state index in [1.807, 2.05) is 11.3 Å². The number of fused-ring (bicyclic) bond motifs is 14. The zero-order chi connectivity index (χ0) is 44.1. The highest BCUT2D eigenvalue weighted by molar-refractivity contribution is 7.27. The molecule has 2 aliphatic rings. The largest absolute Gasteiger partial charge is 0.309 e. The van der Waals surface area contributed by atoms with E-state index in [0.29, 0.717) is 0 Å². The van der Waals surface area contributed by atoms with E-state index in [9.17, 15) is 0 Å². The maximum atomic E-state index is 2.52. The van der Waals surface area contributed by atoms with Crippen LogP contribution in [0.3, 0.4) is 0 Å². The highest BCUT2D eigenvalue weighted by Gasteiger charge is 2.51. The molecule has 0 radical (unpaired) electrons. The Balaban J connectivity index is 1.02. The Labute approximate surface area is 394 Å². The first-order valence-corrected chi connectivity index (χ1v) is 24.0. The Morgan fingerprint density at radius 2 is 0.836 bits per heavy atom. The van der Waals surface area contributed by atoms with Crippen LogP contribution in [0.4, 0.5) is 17.1 Å². The first-order valence-electron chi connectivity index (χ1n) is 23.2. The van der Waals surface area contributed by atoms with Gasteiger partial charge >= 0.3 is 0 Å². The Bertz CT molecular complexity index is 3860. The van der Waals surface area contributed by atoms with E-state index in [2.05, 4.69) is 254 Å². The van der Waals surface area contributed by atoms with Gasteiger partial charge in [-0.25, -0.2) is 0 Å². The van der Waals surface area contributed by atoms with Gasteiger partial charge in [0, 0.05) is 32.4 Å².